The second-order valence-electron chi connectivity index (χ2n) is 16.7. The van der Waals surface area contributed by atoms with E-state index in [0.717, 1.165) is 28.4 Å². The lowest BCUT2D eigenvalue weighted by atomic mass is 9.79. The second-order valence-corrected chi connectivity index (χ2v) is 22.5. The number of allylic oxidation sites excluding steroid dienone is 6. The quantitative estimate of drug-likeness (QED) is 0.0460. The summed E-state index contributed by atoms with van der Waals surface area (Å²) in [5.41, 5.74) is 2.43. The monoisotopic (exact) mass is 966 g/mol. The number of aromatic carboxylic acids is 1. The molecule has 0 unspecified atom stereocenters. The third-order valence-electron chi connectivity index (χ3n) is 11.8. The largest absolute Gasteiger partial charge is 0.478 e. The van der Waals surface area contributed by atoms with E-state index in [0.29, 0.717) is 46.2 Å². The summed E-state index contributed by atoms with van der Waals surface area (Å²) < 4.78 is 140. The Bertz CT molecular complexity index is 3470. The summed E-state index contributed by atoms with van der Waals surface area (Å²) in [5, 5.41) is 11.0. The van der Waals surface area contributed by atoms with Gasteiger partial charge in [0.05, 0.1) is 32.2 Å². The molecule has 342 valence electrons. The van der Waals surface area contributed by atoms with Crippen LogP contribution in [-0.2, 0) is 51.3 Å². The average Bonchev–Trinajstić information content (AvgIpc) is 3.56. The van der Waals surface area contributed by atoms with Crippen LogP contribution >= 0.6 is 0 Å². The normalized spacial score (nSPS) is 17.2. The number of carboxylic acids is 1. The molecule has 0 radical (unpaired) electrons. The molecule has 1 aromatic heterocycles. The molecule has 0 aliphatic carbocycles. The number of likely N-dealkylation sites (N-methyl/N-ethyl adjacent to an activating group) is 1. The van der Waals surface area contributed by atoms with E-state index in [2.05, 4.69) is 9.88 Å². The second kappa shape index (κ2) is 16.3. The number of benzene rings is 4. The van der Waals surface area contributed by atoms with Crippen LogP contribution in [0.4, 0.5) is 11.4 Å². The molecule has 7 rings (SSSR count). The lowest BCUT2D eigenvalue weighted by molar-refractivity contribution is -0.437. The Morgan fingerprint density at radius 3 is 2.00 bits per heavy atom. The molecule has 5 aromatic rings. The molecule has 0 bridgehead atoms. The van der Waals surface area contributed by atoms with Crippen LogP contribution in [0, 0.1) is 0 Å². The zero-order valence-corrected chi connectivity index (χ0v) is 38.7. The van der Waals surface area contributed by atoms with Crippen molar-refractivity contribution < 1.29 is 66.4 Å². The molecule has 3 heterocycles. The maximum absolute atomic E-state index is 12.6. The predicted octanol–water partition coefficient (Wildman–Crippen LogP) is 6.82. The molecule has 0 amide bonds. The first-order valence-electron chi connectivity index (χ1n) is 19.8. The highest BCUT2D eigenvalue weighted by atomic mass is 32.2. The van der Waals surface area contributed by atoms with E-state index in [1.807, 2.05) is 39.0 Å². The molecule has 21 heteroatoms. The summed E-state index contributed by atoms with van der Waals surface area (Å²) in [5.74, 6) is -1.83. The number of hydrogen-bond donors (Lipinski definition) is 5. The lowest BCUT2D eigenvalue weighted by Crippen LogP contribution is -2.28. The highest BCUT2D eigenvalue weighted by Gasteiger charge is 2.46. The van der Waals surface area contributed by atoms with E-state index >= 15 is 0 Å². The number of pyridine rings is 1. The van der Waals surface area contributed by atoms with E-state index in [9.17, 15) is 61.8 Å². The number of aromatic nitrogens is 1. The van der Waals surface area contributed by atoms with Gasteiger partial charge >= 0.3 is 5.97 Å². The lowest BCUT2D eigenvalue weighted by Gasteiger charge is -2.26. The van der Waals surface area contributed by atoms with Crippen molar-refractivity contribution in [2.24, 2.45) is 0 Å². The minimum Gasteiger partial charge on any atom is -0.478 e. The average molecular weight is 967 g/mol. The topological polar surface area (TPSA) is 274 Å². The Hall–Kier alpha value is -5.65. The number of anilines is 1. The van der Waals surface area contributed by atoms with Crippen molar-refractivity contribution in [1.29, 1.82) is 0 Å². The SMILES string of the molecule is CCN1/C(=C/C=C(/C=C/C2=[N+](CCCS(=O)(=O)O)c3ccc4c(S(=O)(=O)O)cc(S(=O)(=O)O)cc4c3C2(C)C)c2ccc(C(=O)O)cn2)C(C)(C)c2c1ccc1ccc(S(=O)(=O)O)cc21. The van der Waals surface area contributed by atoms with Crippen LogP contribution in [0.1, 0.15) is 68.2 Å². The van der Waals surface area contributed by atoms with Gasteiger partial charge in [-0.15, -0.1) is 0 Å². The van der Waals surface area contributed by atoms with Gasteiger partial charge in [-0.1, -0.05) is 32.1 Å². The third-order valence-corrected chi connectivity index (χ3v) is 15.2. The van der Waals surface area contributed by atoms with Crippen molar-refractivity contribution in [2.45, 2.75) is 66.6 Å². The van der Waals surface area contributed by atoms with Crippen LogP contribution in [0.5, 0.6) is 0 Å². The fraction of sp³-hybridized carbons (Fsp3) is 0.250. The number of rotatable bonds is 13. The Morgan fingerprint density at radius 2 is 1.42 bits per heavy atom. The Labute approximate surface area is 375 Å². The van der Waals surface area contributed by atoms with Gasteiger partial charge in [-0.25, -0.2) is 4.79 Å². The molecule has 2 aliphatic heterocycles. The van der Waals surface area contributed by atoms with Gasteiger partial charge in [0.15, 0.2) is 5.71 Å². The van der Waals surface area contributed by atoms with Crippen LogP contribution in [-0.4, -0.2) is 97.1 Å². The van der Waals surface area contributed by atoms with Crippen LogP contribution in [0.15, 0.2) is 118 Å². The van der Waals surface area contributed by atoms with E-state index in [1.54, 1.807) is 42.7 Å². The van der Waals surface area contributed by atoms with Gasteiger partial charge in [-0.2, -0.15) is 38.2 Å². The number of carbonyl (C=O) groups is 1. The summed E-state index contributed by atoms with van der Waals surface area (Å²) in [4.78, 5) is 16.5. The first-order valence-corrected chi connectivity index (χ1v) is 25.8. The van der Waals surface area contributed by atoms with E-state index < -0.39 is 72.8 Å². The molecule has 0 spiro atoms. The first-order chi connectivity index (χ1) is 30.1. The van der Waals surface area contributed by atoms with Crippen molar-refractivity contribution in [3.05, 3.63) is 125 Å². The smallest absolute Gasteiger partial charge is 0.337 e. The third kappa shape index (κ3) is 8.89. The van der Waals surface area contributed by atoms with Gasteiger partial charge in [0.25, 0.3) is 40.5 Å². The maximum Gasteiger partial charge on any atom is 0.337 e. The van der Waals surface area contributed by atoms with Crippen LogP contribution in [0.25, 0.3) is 27.1 Å². The minimum absolute atomic E-state index is 0.0234. The van der Waals surface area contributed by atoms with Gasteiger partial charge in [0, 0.05) is 64.6 Å². The van der Waals surface area contributed by atoms with Crippen molar-refractivity contribution >= 4 is 90.6 Å². The number of hydrogen-bond acceptors (Lipinski definition) is 11. The van der Waals surface area contributed by atoms with Crippen LogP contribution in [0.2, 0.25) is 0 Å². The van der Waals surface area contributed by atoms with Crippen LogP contribution in [0.3, 0.4) is 0 Å². The van der Waals surface area contributed by atoms with Crippen molar-refractivity contribution in [1.82, 2.24) is 4.98 Å². The standard InChI is InChI=1S/C44H43N3O14S4/c1-6-46-35-16-10-26-8-13-29(63(53,54)55)22-32(26)40(35)43(2,3)38(46)18-11-27(34-15-9-28(25-45-34)42(48)49)12-19-39-44(4,5)41-33-23-30(64(56,57)58)24-37(65(59,60)61)31(33)14-17-36(41)47(39)20-7-21-62(50,51)52/h8-19,22-25H,6-7,20-21H2,1-5H3,(H4-,48,49,50,51,52,53,54,55,56,57,58,59,60,61)/p+1. The molecule has 4 aromatic carbocycles. The Kier molecular flexibility index (Phi) is 11.9. The molecule has 0 atom stereocenters. The highest BCUT2D eigenvalue weighted by Crippen LogP contribution is 2.51. The zero-order chi connectivity index (χ0) is 47.8. The molecule has 0 saturated heterocycles. The predicted molar refractivity (Wildman–Crippen MR) is 244 cm³/mol. The van der Waals surface area contributed by atoms with Gasteiger partial charge in [0.1, 0.15) is 11.4 Å². The molecule has 5 N–H and O–H groups in total. The summed E-state index contributed by atoms with van der Waals surface area (Å²) >= 11 is 0. The first kappa shape index (κ1) is 47.3. The van der Waals surface area contributed by atoms with Gasteiger partial charge < -0.3 is 10.0 Å². The summed E-state index contributed by atoms with van der Waals surface area (Å²) in [6.45, 7) is 9.86. The Morgan fingerprint density at radius 1 is 0.754 bits per heavy atom. The van der Waals surface area contributed by atoms with Crippen molar-refractivity contribution in [3.8, 4) is 0 Å². The zero-order valence-electron chi connectivity index (χ0n) is 35.5. The molecular formula is C44H44N3O14S4+. The maximum atomic E-state index is 12.6. The molecule has 0 fully saturated rings. The van der Waals surface area contributed by atoms with Crippen molar-refractivity contribution in [2.75, 3.05) is 23.7 Å². The van der Waals surface area contributed by atoms with Crippen molar-refractivity contribution in [3.63, 3.8) is 0 Å². The molecular weight excluding hydrogens is 923 g/mol. The van der Waals surface area contributed by atoms with E-state index in [4.69, 9.17) is 0 Å². The number of fused-ring (bicyclic) bond motifs is 6. The van der Waals surface area contributed by atoms with Gasteiger partial charge in [-0.05, 0) is 103 Å². The Balaban J connectivity index is 1.44. The fourth-order valence-corrected chi connectivity index (χ4v) is 11.3. The molecule has 17 nitrogen and oxygen atoms in total. The van der Waals surface area contributed by atoms with Crippen LogP contribution < -0.4 is 4.90 Å². The molecule has 0 saturated carbocycles. The number of carboxylic acid groups (broad SMARTS) is 1. The molecule has 2 aliphatic rings. The summed E-state index contributed by atoms with van der Waals surface area (Å²) in [6.07, 6.45) is 8.10. The summed E-state index contributed by atoms with van der Waals surface area (Å²) in [6, 6.07) is 15.7. The number of nitrogens with zero attached hydrogens (tertiary/aromatic N) is 3. The fourth-order valence-electron chi connectivity index (χ4n) is 8.97. The van der Waals surface area contributed by atoms with E-state index in [-0.39, 0.29) is 34.2 Å². The summed E-state index contributed by atoms with van der Waals surface area (Å²) in [7, 11) is -19.0. The molecule has 65 heavy (non-hydrogen) atoms. The van der Waals surface area contributed by atoms with Gasteiger partial charge in [-0.3, -0.25) is 23.2 Å². The highest BCUT2D eigenvalue weighted by molar-refractivity contribution is 7.87. The van der Waals surface area contributed by atoms with E-state index in [1.165, 1.54) is 42.6 Å². The minimum atomic E-state index is -5.05. The van der Waals surface area contributed by atoms with Gasteiger partial charge in [0.2, 0.25) is 5.69 Å².